The molecule has 10 heteroatoms. The molecular formula is C17H10Cl2F3NO3S. The number of hydrogen-bond acceptors (Lipinski definition) is 4. The van der Waals surface area contributed by atoms with Gasteiger partial charge in [0.15, 0.2) is 9.84 Å². The van der Waals surface area contributed by atoms with Gasteiger partial charge in [0.2, 0.25) is 5.76 Å². The quantitative estimate of drug-likeness (QED) is 0.519. The largest absolute Gasteiger partial charge is 0.354 e. The van der Waals surface area contributed by atoms with E-state index in [1.807, 2.05) is 0 Å². The zero-order valence-electron chi connectivity index (χ0n) is 13.5. The van der Waals surface area contributed by atoms with E-state index in [2.05, 4.69) is 5.16 Å². The van der Waals surface area contributed by atoms with Crippen LogP contribution in [-0.4, -0.2) is 19.8 Å². The highest BCUT2D eigenvalue weighted by Gasteiger charge is 2.27. The molecule has 0 fully saturated rings. The van der Waals surface area contributed by atoms with Crippen molar-refractivity contribution in [2.45, 2.75) is 11.3 Å². The third-order valence-corrected chi connectivity index (χ3v) is 5.60. The molecular weight excluding hydrogens is 426 g/mol. The Kier molecular flexibility index (Phi) is 5.24. The molecule has 4 nitrogen and oxygen atoms in total. The van der Waals surface area contributed by atoms with E-state index in [1.165, 1.54) is 24.3 Å². The second-order valence-electron chi connectivity index (χ2n) is 5.62. The van der Waals surface area contributed by atoms with E-state index in [0.717, 1.165) is 18.4 Å². The van der Waals surface area contributed by atoms with Crippen molar-refractivity contribution in [1.29, 1.82) is 0 Å². The van der Waals surface area contributed by atoms with Gasteiger partial charge >= 0.3 is 0 Å². The predicted molar refractivity (Wildman–Crippen MR) is 95.4 cm³/mol. The number of alkyl halides is 2. The van der Waals surface area contributed by atoms with Gasteiger partial charge in [0.05, 0.1) is 15.6 Å². The van der Waals surface area contributed by atoms with Crippen LogP contribution in [0.3, 0.4) is 0 Å². The van der Waals surface area contributed by atoms with Gasteiger partial charge < -0.3 is 4.52 Å². The van der Waals surface area contributed by atoms with Crippen molar-refractivity contribution in [1.82, 2.24) is 5.16 Å². The van der Waals surface area contributed by atoms with Gasteiger partial charge in [-0.1, -0.05) is 40.5 Å². The highest BCUT2D eigenvalue weighted by molar-refractivity contribution is 7.90. The van der Waals surface area contributed by atoms with Crippen LogP contribution in [0.5, 0.6) is 0 Å². The second kappa shape index (κ2) is 7.18. The van der Waals surface area contributed by atoms with Gasteiger partial charge in [0.25, 0.3) is 6.43 Å². The number of benzene rings is 2. The summed E-state index contributed by atoms with van der Waals surface area (Å²) in [6.45, 7) is 0. The molecule has 0 amide bonds. The van der Waals surface area contributed by atoms with Gasteiger partial charge in [0.1, 0.15) is 16.4 Å². The van der Waals surface area contributed by atoms with Crippen molar-refractivity contribution in [3.8, 4) is 22.4 Å². The summed E-state index contributed by atoms with van der Waals surface area (Å²) in [5, 5.41) is 4.08. The number of rotatable bonds is 4. The molecule has 0 radical (unpaired) electrons. The molecule has 3 aromatic rings. The summed E-state index contributed by atoms with van der Waals surface area (Å²) in [6.07, 6.45) is -2.18. The van der Waals surface area contributed by atoms with E-state index >= 15 is 0 Å². The van der Waals surface area contributed by atoms with Gasteiger partial charge in [0, 0.05) is 11.8 Å². The molecule has 27 heavy (non-hydrogen) atoms. The maximum Gasteiger partial charge on any atom is 0.298 e. The Morgan fingerprint density at radius 2 is 1.70 bits per heavy atom. The lowest BCUT2D eigenvalue weighted by atomic mass is 9.99. The number of sulfone groups is 1. The third kappa shape index (κ3) is 3.83. The van der Waals surface area contributed by atoms with Crippen LogP contribution in [0.4, 0.5) is 13.2 Å². The van der Waals surface area contributed by atoms with Gasteiger partial charge in [-0.25, -0.2) is 21.6 Å². The highest BCUT2D eigenvalue weighted by Crippen LogP contribution is 2.40. The molecule has 0 saturated heterocycles. The van der Waals surface area contributed by atoms with Crippen LogP contribution in [0.2, 0.25) is 10.0 Å². The molecule has 1 heterocycles. The van der Waals surface area contributed by atoms with Crippen molar-refractivity contribution < 1.29 is 26.1 Å². The predicted octanol–water partition coefficient (Wildman–Crippen LogP) is 5.80. The van der Waals surface area contributed by atoms with Gasteiger partial charge in [-0.2, -0.15) is 0 Å². The second-order valence-corrected chi connectivity index (χ2v) is 8.42. The summed E-state index contributed by atoms with van der Waals surface area (Å²) in [4.78, 5) is -0.544. The third-order valence-electron chi connectivity index (χ3n) is 3.73. The Labute approximate surface area is 162 Å². The summed E-state index contributed by atoms with van der Waals surface area (Å²) >= 11 is 11.8. The molecule has 0 aliphatic carbocycles. The first-order chi connectivity index (χ1) is 12.6. The Morgan fingerprint density at radius 3 is 2.26 bits per heavy atom. The molecule has 2 aromatic carbocycles. The van der Waals surface area contributed by atoms with E-state index in [0.29, 0.717) is 5.56 Å². The Balaban J connectivity index is 2.24. The van der Waals surface area contributed by atoms with Gasteiger partial charge in [-0.15, -0.1) is 0 Å². The van der Waals surface area contributed by atoms with Crippen LogP contribution < -0.4 is 0 Å². The Morgan fingerprint density at radius 1 is 1.04 bits per heavy atom. The minimum atomic E-state index is -3.81. The van der Waals surface area contributed by atoms with E-state index in [-0.39, 0.29) is 26.9 Å². The topological polar surface area (TPSA) is 60.2 Å². The van der Waals surface area contributed by atoms with Crippen molar-refractivity contribution in [3.63, 3.8) is 0 Å². The first-order valence-electron chi connectivity index (χ1n) is 7.32. The molecule has 3 rings (SSSR count). The lowest BCUT2D eigenvalue weighted by Gasteiger charge is -2.08. The van der Waals surface area contributed by atoms with Crippen LogP contribution >= 0.6 is 23.2 Å². The standard InChI is InChI=1S/C17H10Cl2F3NO3S/c1-27(24,25)13-5-3-8(7-12(13)20)14-15(23-26-16(14)17(21)22)9-2-4-10(18)11(19)6-9/h2-7,17H,1H3. The average Bonchev–Trinajstić information content (AvgIpc) is 3.01. The molecule has 0 aliphatic rings. The molecule has 0 atom stereocenters. The summed E-state index contributed by atoms with van der Waals surface area (Å²) in [7, 11) is -3.81. The molecule has 0 N–H and O–H groups in total. The summed E-state index contributed by atoms with van der Waals surface area (Å²) in [6, 6.07) is 7.40. The maximum absolute atomic E-state index is 14.3. The fourth-order valence-corrected chi connectivity index (χ4v) is 3.55. The van der Waals surface area contributed by atoms with E-state index < -0.39 is 32.7 Å². The monoisotopic (exact) mass is 435 g/mol. The van der Waals surface area contributed by atoms with Gasteiger partial charge in [-0.3, -0.25) is 0 Å². The molecule has 1 aromatic heterocycles. The van der Waals surface area contributed by atoms with Crippen LogP contribution in [-0.2, 0) is 9.84 Å². The summed E-state index contributed by atoms with van der Waals surface area (Å²) < 4.78 is 68.9. The SMILES string of the molecule is CS(=O)(=O)c1ccc(-c2c(-c3ccc(Cl)c(Cl)c3)noc2C(F)F)cc1F. The molecule has 0 bridgehead atoms. The smallest absolute Gasteiger partial charge is 0.298 e. The minimum absolute atomic E-state index is 0.00428. The van der Waals surface area contributed by atoms with Crippen LogP contribution in [0, 0.1) is 5.82 Å². The fraction of sp³-hybridized carbons (Fsp3) is 0.118. The average molecular weight is 436 g/mol. The number of hydrogen-bond donors (Lipinski definition) is 0. The van der Waals surface area contributed by atoms with Gasteiger partial charge in [-0.05, 0) is 29.8 Å². The van der Waals surface area contributed by atoms with Crippen LogP contribution in [0.1, 0.15) is 12.2 Å². The lowest BCUT2D eigenvalue weighted by Crippen LogP contribution is -2.01. The Hall–Kier alpha value is -2.03. The van der Waals surface area contributed by atoms with Crippen molar-refractivity contribution in [2.75, 3.05) is 6.26 Å². The summed E-state index contributed by atoms with van der Waals surface area (Å²) in [5.41, 5.74) is 0.137. The Bertz CT molecular complexity index is 1130. The van der Waals surface area contributed by atoms with Crippen molar-refractivity contribution >= 4 is 33.0 Å². The minimum Gasteiger partial charge on any atom is -0.354 e. The molecule has 0 unspecified atom stereocenters. The van der Waals surface area contributed by atoms with Crippen LogP contribution in [0.15, 0.2) is 45.8 Å². The fourth-order valence-electron chi connectivity index (χ4n) is 2.53. The molecule has 0 spiro atoms. The number of halogens is 5. The normalized spacial score (nSPS) is 12.0. The van der Waals surface area contributed by atoms with E-state index in [4.69, 9.17) is 27.7 Å². The number of aromatic nitrogens is 1. The van der Waals surface area contributed by atoms with E-state index in [9.17, 15) is 21.6 Å². The summed E-state index contributed by atoms with van der Waals surface area (Å²) in [5.74, 6) is -1.85. The van der Waals surface area contributed by atoms with Crippen molar-refractivity contribution in [3.05, 3.63) is 58.0 Å². The lowest BCUT2D eigenvalue weighted by molar-refractivity contribution is 0.113. The number of nitrogens with zero attached hydrogens (tertiary/aromatic N) is 1. The first-order valence-corrected chi connectivity index (χ1v) is 9.97. The zero-order chi connectivity index (χ0) is 19.9. The molecule has 0 saturated carbocycles. The maximum atomic E-state index is 14.3. The molecule has 142 valence electrons. The highest BCUT2D eigenvalue weighted by atomic mass is 35.5. The molecule has 0 aliphatic heterocycles. The van der Waals surface area contributed by atoms with Crippen LogP contribution in [0.25, 0.3) is 22.4 Å². The van der Waals surface area contributed by atoms with E-state index in [1.54, 1.807) is 0 Å². The zero-order valence-corrected chi connectivity index (χ0v) is 15.8. The van der Waals surface area contributed by atoms with Crippen molar-refractivity contribution in [2.24, 2.45) is 0 Å². The first kappa shape index (κ1) is 19.7.